The summed E-state index contributed by atoms with van der Waals surface area (Å²) in [5, 5.41) is 0. The van der Waals surface area contributed by atoms with E-state index in [4.69, 9.17) is 18.9 Å². The molecule has 0 radical (unpaired) electrons. The Labute approximate surface area is 285 Å². The second kappa shape index (κ2) is 17.0. The quantitative estimate of drug-likeness (QED) is 0.220. The molecule has 0 spiro atoms. The maximum Gasteiger partial charge on any atom is 0.132 e. The highest BCUT2D eigenvalue weighted by atomic mass is 16.5. The van der Waals surface area contributed by atoms with Crippen molar-refractivity contribution in [3.63, 3.8) is 0 Å². The minimum atomic E-state index is 0.293. The van der Waals surface area contributed by atoms with Crippen molar-refractivity contribution in [1.82, 2.24) is 0 Å². The zero-order valence-corrected chi connectivity index (χ0v) is 28.9. The Morgan fingerprint density at radius 1 is 0.354 bits per heavy atom. The van der Waals surface area contributed by atoms with Crippen LogP contribution in [0.3, 0.4) is 0 Å². The van der Waals surface area contributed by atoms with Gasteiger partial charge in [0.25, 0.3) is 0 Å². The number of hydrogen-bond donors (Lipinski definition) is 0. The molecule has 0 aromatic heterocycles. The Kier molecular flexibility index (Phi) is 12.3. The molecule has 0 saturated carbocycles. The number of rotatable bonds is 4. The van der Waals surface area contributed by atoms with E-state index in [9.17, 15) is 9.59 Å². The average molecular weight is 649 g/mol. The van der Waals surface area contributed by atoms with Crippen molar-refractivity contribution in [3.8, 4) is 45.3 Å². The third-order valence-corrected chi connectivity index (χ3v) is 9.32. The van der Waals surface area contributed by atoms with Gasteiger partial charge in [-0.1, -0.05) is 24.3 Å². The molecular weight excluding hydrogens is 600 g/mol. The van der Waals surface area contributed by atoms with E-state index in [0.717, 1.165) is 119 Å². The van der Waals surface area contributed by atoms with E-state index < -0.39 is 0 Å². The van der Waals surface area contributed by atoms with Crippen LogP contribution in [0, 0.1) is 0 Å². The van der Waals surface area contributed by atoms with E-state index in [-0.39, 0.29) is 0 Å². The minimum absolute atomic E-state index is 0.293. The molecule has 252 valence electrons. The zero-order chi connectivity index (χ0) is 33.9. The first kappa shape index (κ1) is 34.7. The van der Waals surface area contributed by atoms with Crippen LogP contribution in [0.2, 0.25) is 0 Å². The van der Waals surface area contributed by atoms with Gasteiger partial charge >= 0.3 is 0 Å². The van der Waals surface area contributed by atoms with Gasteiger partial charge in [0.05, 0.1) is 28.4 Å². The lowest BCUT2D eigenvalue weighted by atomic mass is 9.94. The molecule has 0 heterocycles. The predicted octanol–water partition coefficient (Wildman–Crippen LogP) is 9.20. The smallest absolute Gasteiger partial charge is 0.132 e. The molecule has 6 heteroatoms. The number of benzene rings is 4. The van der Waals surface area contributed by atoms with Crippen molar-refractivity contribution < 1.29 is 28.5 Å². The molecule has 0 aliphatic heterocycles. The highest BCUT2D eigenvalue weighted by molar-refractivity contribution is 5.80. The zero-order valence-electron chi connectivity index (χ0n) is 28.9. The van der Waals surface area contributed by atoms with Gasteiger partial charge in [0.15, 0.2) is 0 Å². The molecule has 0 N–H and O–H groups in total. The van der Waals surface area contributed by atoms with Crippen LogP contribution >= 0.6 is 0 Å². The van der Waals surface area contributed by atoms with Crippen LogP contribution in [0.25, 0.3) is 22.3 Å². The standard InChI is InChI=1S/C42H48O6/c1-45-39-21-17-29-9-5-13-33(43)15-7-11-31-19-23-41(47-3)37(27-31)38-28-32(20-24-42(38)48-4)12-8-16-34(44)14-6-10-30-18-22-40(46-2)36(26-30)35(39)25-29/h17-28H,5-16H2,1-4H3. The molecule has 8 bridgehead atoms. The van der Waals surface area contributed by atoms with Crippen LogP contribution in [-0.2, 0) is 35.3 Å². The second-order valence-electron chi connectivity index (χ2n) is 12.6. The number of hydrogen-bond acceptors (Lipinski definition) is 6. The SMILES string of the molecule is COc1ccc2cc1-c1cc(ccc1OC)CCCC(=O)CCCc1ccc(OC)c(c1)-c1cc(ccc1OC)CCCC(=O)CCC2. The monoisotopic (exact) mass is 648 g/mol. The Hall–Kier alpha value is -4.58. The van der Waals surface area contributed by atoms with E-state index in [1.54, 1.807) is 28.4 Å². The lowest BCUT2D eigenvalue weighted by Crippen LogP contribution is -2.02. The molecule has 1 aliphatic carbocycles. The summed E-state index contributed by atoms with van der Waals surface area (Å²) in [6.45, 7) is 0. The molecule has 0 unspecified atom stereocenters. The molecular formula is C42H48O6. The van der Waals surface area contributed by atoms with Crippen molar-refractivity contribution in [2.45, 2.75) is 77.0 Å². The van der Waals surface area contributed by atoms with Crippen LogP contribution in [-0.4, -0.2) is 40.0 Å². The van der Waals surface area contributed by atoms with Gasteiger partial charge in [-0.2, -0.15) is 0 Å². The van der Waals surface area contributed by atoms with E-state index in [1.807, 2.05) is 24.3 Å². The number of ether oxygens (including phenoxy) is 4. The summed E-state index contributed by atoms with van der Waals surface area (Å²) in [6.07, 6.45) is 8.58. The van der Waals surface area contributed by atoms with Gasteiger partial charge in [0, 0.05) is 47.9 Å². The number of fused-ring (bicyclic) bond motifs is 10. The normalized spacial score (nSPS) is 15.0. The Morgan fingerprint density at radius 3 is 0.792 bits per heavy atom. The third kappa shape index (κ3) is 8.85. The summed E-state index contributed by atoms with van der Waals surface area (Å²) >= 11 is 0. The first-order chi connectivity index (χ1) is 23.4. The van der Waals surface area contributed by atoms with Gasteiger partial charge in [0.1, 0.15) is 34.6 Å². The van der Waals surface area contributed by atoms with Crippen molar-refractivity contribution in [2.75, 3.05) is 28.4 Å². The van der Waals surface area contributed by atoms with Gasteiger partial charge in [0.2, 0.25) is 0 Å². The fraction of sp³-hybridized carbons (Fsp3) is 0.381. The fourth-order valence-electron chi connectivity index (χ4n) is 6.69. The lowest BCUT2D eigenvalue weighted by molar-refractivity contribution is -0.120. The van der Waals surface area contributed by atoms with Crippen molar-refractivity contribution >= 4 is 11.6 Å². The number of ketones is 2. The fourth-order valence-corrected chi connectivity index (χ4v) is 6.69. The Morgan fingerprint density at radius 2 is 0.583 bits per heavy atom. The number of carbonyl (C=O) groups is 2. The molecule has 4 aromatic carbocycles. The number of Topliss-reactive ketones (excluding diaryl/α,β-unsaturated/α-hetero) is 2. The first-order valence-corrected chi connectivity index (χ1v) is 17.1. The van der Waals surface area contributed by atoms with Crippen LogP contribution in [0.4, 0.5) is 0 Å². The number of methoxy groups -OCH3 is 4. The summed E-state index contributed by atoms with van der Waals surface area (Å²) in [5.41, 5.74) is 8.51. The summed E-state index contributed by atoms with van der Waals surface area (Å²) < 4.78 is 23.0. The molecule has 0 atom stereocenters. The van der Waals surface area contributed by atoms with Gasteiger partial charge in [-0.25, -0.2) is 0 Å². The maximum atomic E-state index is 12.9. The molecule has 48 heavy (non-hydrogen) atoms. The van der Waals surface area contributed by atoms with E-state index in [2.05, 4.69) is 48.5 Å². The molecule has 0 amide bonds. The maximum absolute atomic E-state index is 12.9. The summed E-state index contributed by atoms with van der Waals surface area (Å²) in [5.74, 6) is 3.69. The Balaban J connectivity index is 1.40. The number of aryl methyl sites for hydroxylation is 4. The molecule has 0 saturated heterocycles. The predicted molar refractivity (Wildman–Crippen MR) is 192 cm³/mol. The van der Waals surface area contributed by atoms with Gasteiger partial charge in [-0.15, -0.1) is 0 Å². The van der Waals surface area contributed by atoms with Crippen LogP contribution in [0.15, 0.2) is 72.8 Å². The van der Waals surface area contributed by atoms with Gasteiger partial charge < -0.3 is 18.9 Å². The van der Waals surface area contributed by atoms with Gasteiger partial charge in [-0.3, -0.25) is 9.59 Å². The molecule has 0 fully saturated rings. The summed E-state index contributed by atoms with van der Waals surface area (Å²) in [4.78, 5) is 25.8. The molecule has 4 aromatic rings. The van der Waals surface area contributed by atoms with Crippen LogP contribution < -0.4 is 18.9 Å². The third-order valence-electron chi connectivity index (χ3n) is 9.32. The van der Waals surface area contributed by atoms with Crippen molar-refractivity contribution in [2.24, 2.45) is 0 Å². The van der Waals surface area contributed by atoms with E-state index >= 15 is 0 Å². The number of carbonyl (C=O) groups excluding carboxylic acids is 2. The summed E-state index contributed by atoms with van der Waals surface area (Å²) in [7, 11) is 6.73. The van der Waals surface area contributed by atoms with Crippen LogP contribution in [0.5, 0.6) is 23.0 Å². The van der Waals surface area contributed by atoms with Crippen molar-refractivity contribution in [3.05, 3.63) is 95.1 Å². The highest BCUT2D eigenvalue weighted by Crippen LogP contribution is 2.40. The van der Waals surface area contributed by atoms with E-state index in [1.165, 1.54) is 0 Å². The summed E-state index contributed by atoms with van der Waals surface area (Å²) in [6, 6.07) is 24.9. The lowest BCUT2D eigenvalue weighted by Gasteiger charge is -2.16. The van der Waals surface area contributed by atoms with Crippen molar-refractivity contribution in [1.29, 1.82) is 0 Å². The molecule has 5 rings (SSSR count). The average Bonchev–Trinajstić information content (AvgIpc) is 3.11. The largest absolute Gasteiger partial charge is 0.496 e. The molecule has 6 nitrogen and oxygen atoms in total. The minimum Gasteiger partial charge on any atom is -0.496 e. The van der Waals surface area contributed by atoms with Gasteiger partial charge in [-0.05, 0) is 122 Å². The molecule has 1 aliphatic rings. The highest BCUT2D eigenvalue weighted by Gasteiger charge is 2.16. The van der Waals surface area contributed by atoms with Crippen LogP contribution in [0.1, 0.15) is 73.6 Å². The van der Waals surface area contributed by atoms with E-state index in [0.29, 0.717) is 37.2 Å². The Bertz CT molecular complexity index is 1470. The second-order valence-corrected chi connectivity index (χ2v) is 12.6. The first-order valence-electron chi connectivity index (χ1n) is 17.1. The topological polar surface area (TPSA) is 71.1 Å².